The first-order chi connectivity index (χ1) is 4.50. The number of hydrogen-bond acceptors (Lipinski definition) is 3. The summed E-state index contributed by atoms with van der Waals surface area (Å²) in [6.07, 6.45) is 0. The molecule has 0 unspecified atom stereocenters. The van der Waals surface area contributed by atoms with E-state index in [0.29, 0.717) is 6.54 Å². The van der Waals surface area contributed by atoms with E-state index in [2.05, 4.69) is 25.8 Å². The van der Waals surface area contributed by atoms with Gasteiger partial charge in [0.1, 0.15) is 6.54 Å². The zero-order chi connectivity index (χ0) is 7.78. The molecule has 0 saturated carbocycles. The third kappa shape index (κ3) is 1.59. The first-order valence-electron chi connectivity index (χ1n) is 3.26. The van der Waals surface area contributed by atoms with Gasteiger partial charge < -0.3 is 0 Å². The molecular weight excluding hydrogens is 146 g/mol. The smallest absolute Gasteiger partial charge is 0.216 e. The Kier molecular flexibility index (Phi) is 1.86. The molecule has 0 aromatic carbocycles. The van der Waals surface area contributed by atoms with Crippen molar-refractivity contribution in [3.63, 3.8) is 0 Å². The molecule has 56 valence electrons. The molecule has 0 aromatic heterocycles. The van der Waals surface area contributed by atoms with Crippen molar-refractivity contribution in [3.8, 4) is 0 Å². The summed E-state index contributed by atoms with van der Waals surface area (Å²) in [4.78, 5) is 14.9. The molecule has 0 aromatic rings. The van der Waals surface area contributed by atoms with E-state index >= 15 is 0 Å². The number of carbonyl (C=O) groups excluding carboxylic acids is 1. The highest BCUT2D eigenvalue weighted by atomic mass is 32.2. The van der Waals surface area contributed by atoms with E-state index in [0.717, 1.165) is 5.04 Å². The maximum absolute atomic E-state index is 10.7. The molecule has 1 heterocycles. The minimum Gasteiger partial charge on any atom is -0.285 e. The predicted octanol–water partition coefficient (Wildman–Crippen LogP) is 1.70. The van der Waals surface area contributed by atoms with Crippen LogP contribution in [0.25, 0.3) is 0 Å². The molecule has 0 amide bonds. The van der Waals surface area contributed by atoms with Crippen LogP contribution in [0, 0.1) is 5.41 Å². The fourth-order valence-electron chi connectivity index (χ4n) is 0.699. The second kappa shape index (κ2) is 2.38. The third-order valence-corrected chi connectivity index (χ3v) is 2.50. The summed E-state index contributed by atoms with van der Waals surface area (Å²) in [6.45, 7) is 6.57. The van der Waals surface area contributed by atoms with Gasteiger partial charge in [-0.05, 0) is 11.8 Å². The van der Waals surface area contributed by atoms with E-state index in [9.17, 15) is 4.79 Å². The molecule has 0 aliphatic carbocycles. The van der Waals surface area contributed by atoms with Crippen molar-refractivity contribution in [1.82, 2.24) is 0 Å². The largest absolute Gasteiger partial charge is 0.285 e. The van der Waals surface area contributed by atoms with Crippen molar-refractivity contribution in [1.29, 1.82) is 0 Å². The molecule has 0 saturated heterocycles. The van der Waals surface area contributed by atoms with Crippen LogP contribution in [0.5, 0.6) is 0 Å². The summed E-state index contributed by atoms with van der Waals surface area (Å²) >= 11 is 1.28. The van der Waals surface area contributed by atoms with Gasteiger partial charge in [0, 0.05) is 5.41 Å². The molecule has 0 N–H and O–H groups in total. The van der Waals surface area contributed by atoms with Gasteiger partial charge in [-0.25, -0.2) is 0 Å². The highest BCUT2D eigenvalue weighted by Gasteiger charge is 2.26. The fourth-order valence-corrected chi connectivity index (χ4v) is 1.48. The zero-order valence-corrected chi connectivity index (χ0v) is 7.29. The van der Waals surface area contributed by atoms with Gasteiger partial charge in [0.2, 0.25) is 5.12 Å². The van der Waals surface area contributed by atoms with Crippen molar-refractivity contribution in [2.75, 3.05) is 6.54 Å². The molecule has 1 aliphatic rings. The minimum absolute atomic E-state index is 0.0524. The molecule has 0 bridgehead atoms. The number of aliphatic imine (C=N–C) groups is 1. The summed E-state index contributed by atoms with van der Waals surface area (Å²) < 4.78 is 0. The van der Waals surface area contributed by atoms with Gasteiger partial charge in [-0.15, -0.1) is 0 Å². The van der Waals surface area contributed by atoms with Gasteiger partial charge in [0.25, 0.3) is 0 Å². The second-order valence-corrected chi connectivity index (χ2v) is 4.39. The number of nitrogens with zero attached hydrogens (tertiary/aromatic N) is 1. The van der Waals surface area contributed by atoms with Gasteiger partial charge in [-0.1, -0.05) is 20.8 Å². The number of rotatable bonds is 0. The lowest BCUT2D eigenvalue weighted by Gasteiger charge is -2.15. The molecule has 0 fully saturated rings. The summed E-state index contributed by atoms with van der Waals surface area (Å²) in [5.74, 6) is 0. The Labute approximate surface area is 65.1 Å². The van der Waals surface area contributed by atoms with E-state index in [-0.39, 0.29) is 10.5 Å². The van der Waals surface area contributed by atoms with Gasteiger partial charge in [-0.2, -0.15) is 0 Å². The van der Waals surface area contributed by atoms with Crippen molar-refractivity contribution in [2.45, 2.75) is 20.8 Å². The molecule has 2 nitrogen and oxygen atoms in total. The average Bonchev–Trinajstić information content (AvgIpc) is 2.11. The molecule has 10 heavy (non-hydrogen) atoms. The molecular formula is C7H11NOS. The maximum Gasteiger partial charge on any atom is 0.216 e. The first-order valence-corrected chi connectivity index (χ1v) is 4.07. The lowest BCUT2D eigenvalue weighted by atomic mass is 9.99. The Hall–Kier alpha value is -0.310. The van der Waals surface area contributed by atoms with Crippen molar-refractivity contribution in [3.05, 3.63) is 0 Å². The van der Waals surface area contributed by atoms with Crippen LogP contribution in [0.15, 0.2) is 4.99 Å². The van der Waals surface area contributed by atoms with Crippen molar-refractivity contribution in [2.24, 2.45) is 10.4 Å². The van der Waals surface area contributed by atoms with Crippen LogP contribution in [0.1, 0.15) is 20.8 Å². The molecule has 0 atom stereocenters. The average molecular weight is 157 g/mol. The highest BCUT2D eigenvalue weighted by Crippen LogP contribution is 2.28. The maximum atomic E-state index is 10.7. The summed E-state index contributed by atoms with van der Waals surface area (Å²) in [5.41, 5.74) is 0.0524. The normalized spacial score (nSPS) is 19.5. The van der Waals surface area contributed by atoms with E-state index in [1.807, 2.05) is 0 Å². The molecule has 0 spiro atoms. The van der Waals surface area contributed by atoms with E-state index in [1.54, 1.807) is 0 Å². The van der Waals surface area contributed by atoms with E-state index in [4.69, 9.17) is 0 Å². The lowest BCUT2D eigenvalue weighted by molar-refractivity contribution is -0.109. The SMILES string of the molecule is CC(C)(C)C1=NCC(=O)S1. The Morgan fingerprint density at radius 1 is 1.50 bits per heavy atom. The Morgan fingerprint density at radius 3 is 2.30 bits per heavy atom. The lowest BCUT2D eigenvalue weighted by Crippen LogP contribution is -2.15. The van der Waals surface area contributed by atoms with Crippen LogP contribution < -0.4 is 0 Å². The molecule has 0 radical (unpaired) electrons. The van der Waals surface area contributed by atoms with Crippen LogP contribution in [0.2, 0.25) is 0 Å². The van der Waals surface area contributed by atoms with Crippen LogP contribution in [-0.4, -0.2) is 16.7 Å². The number of carbonyl (C=O) groups is 1. The van der Waals surface area contributed by atoms with Gasteiger partial charge in [-0.3, -0.25) is 9.79 Å². The zero-order valence-electron chi connectivity index (χ0n) is 6.47. The van der Waals surface area contributed by atoms with Crippen molar-refractivity contribution >= 4 is 21.9 Å². The minimum atomic E-state index is 0.0524. The third-order valence-electron chi connectivity index (χ3n) is 1.20. The van der Waals surface area contributed by atoms with Crippen LogP contribution in [0.3, 0.4) is 0 Å². The second-order valence-electron chi connectivity index (χ2n) is 3.35. The van der Waals surface area contributed by atoms with Crippen LogP contribution in [-0.2, 0) is 4.79 Å². The monoisotopic (exact) mass is 157 g/mol. The van der Waals surface area contributed by atoms with E-state index < -0.39 is 0 Å². The van der Waals surface area contributed by atoms with Gasteiger partial charge in [0.05, 0.1) is 5.04 Å². The van der Waals surface area contributed by atoms with Gasteiger partial charge in [0.15, 0.2) is 0 Å². The highest BCUT2D eigenvalue weighted by molar-refractivity contribution is 8.26. The topological polar surface area (TPSA) is 29.4 Å². The quantitative estimate of drug-likeness (QED) is 0.535. The fraction of sp³-hybridized carbons (Fsp3) is 0.714. The Morgan fingerprint density at radius 2 is 2.10 bits per heavy atom. The summed E-state index contributed by atoms with van der Waals surface area (Å²) in [6, 6.07) is 0. The number of thioether (sulfide) groups is 1. The molecule has 1 aliphatic heterocycles. The predicted molar refractivity (Wildman–Crippen MR) is 44.4 cm³/mol. The number of hydrogen-bond donors (Lipinski definition) is 0. The Bertz CT molecular complexity index is 190. The van der Waals surface area contributed by atoms with Crippen molar-refractivity contribution < 1.29 is 4.79 Å². The standard InChI is InChI=1S/C7H11NOS/c1-7(2,3)6-8-4-5(9)10-6/h4H2,1-3H3. The summed E-state index contributed by atoms with van der Waals surface area (Å²) in [5, 5.41) is 1.14. The van der Waals surface area contributed by atoms with E-state index in [1.165, 1.54) is 11.8 Å². The van der Waals surface area contributed by atoms with Crippen LogP contribution >= 0.6 is 11.8 Å². The first kappa shape index (κ1) is 7.79. The Balaban J connectivity index is 2.69. The summed E-state index contributed by atoms with van der Waals surface area (Å²) in [7, 11) is 0. The molecule has 1 rings (SSSR count). The molecule has 3 heteroatoms. The van der Waals surface area contributed by atoms with Gasteiger partial charge >= 0.3 is 0 Å². The van der Waals surface area contributed by atoms with Crippen LogP contribution in [0.4, 0.5) is 0 Å².